The van der Waals surface area contributed by atoms with Gasteiger partial charge in [0, 0.05) is 64.4 Å². The Hall–Kier alpha value is -4.64. The molecule has 5 aromatic rings. The molecular weight excluding hydrogens is 574 g/mol. The van der Waals surface area contributed by atoms with E-state index in [9.17, 15) is 0 Å². The molecule has 3 aliphatic heterocycles. The van der Waals surface area contributed by atoms with Crippen LogP contribution in [-0.4, -0.2) is 41.8 Å². The Kier molecular flexibility index (Phi) is 6.29. The number of para-hydroxylation sites is 2. The molecule has 0 fully saturated rings. The van der Waals surface area contributed by atoms with Crippen molar-refractivity contribution in [3.63, 3.8) is 0 Å². The molecule has 3 aliphatic rings. The Morgan fingerprint density at radius 3 is 1.89 bits per heavy atom. The highest BCUT2D eigenvalue weighted by molar-refractivity contribution is 6.11. The van der Waals surface area contributed by atoms with Crippen LogP contribution in [0.15, 0.2) is 102 Å². The second kappa shape index (κ2) is 9.93. The van der Waals surface area contributed by atoms with Gasteiger partial charge in [-0.25, -0.2) is 0 Å². The lowest BCUT2D eigenvalue weighted by molar-refractivity contribution is 0.459. The third-order valence-electron chi connectivity index (χ3n) is 11.7. The summed E-state index contributed by atoms with van der Waals surface area (Å²) in [5.41, 5.74) is 16.6. The summed E-state index contributed by atoms with van der Waals surface area (Å²) in [6.07, 6.45) is 0. The molecule has 4 heterocycles. The average molecular weight is 622 g/mol. The number of hydrogen-bond donors (Lipinski definition) is 0. The van der Waals surface area contributed by atoms with Crippen molar-refractivity contribution < 1.29 is 0 Å². The lowest BCUT2D eigenvalue weighted by atomic mass is 9.67. The van der Waals surface area contributed by atoms with Gasteiger partial charge in [-0.1, -0.05) is 63.2 Å². The Balaban J connectivity index is 1.46. The van der Waals surface area contributed by atoms with Crippen LogP contribution in [0.1, 0.15) is 77.6 Å². The Morgan fingerprint density at radius 1 is 0.617 bits per heavy atom. The predicted octanol–water partition coefficient (Wildman–Crippen LogP) is 9.67. The minimum atomic E-state index is -0.401. The summed E-state index contributed by atoms with van der Waals surface area (Å²) in [5, 5.41) is 2.62. The number of rotatable bonds is 3. The van der Waals surface area contributed by atoms with Gasteiger partial charge in [0.15, 0.2) is 0 Å². The molecule has 0 saturated heterocycles. The fourth-order valence-electron chi connectivity index (χ4n) is 8.25. The highest BCUT2D eigenvalue weighted by Crippen LogP contribution is 2.53. The topological polar surface area (TPSA) is 17.9 Å². The first kappa shape index (κ1) is 29.7. The quantitative estimate of drug-likeness (QED) is 0.200. The molecule has 47 heavy (non-hydrogen) atoms. The molecule has 0 aliphatic carbocycles. The highest BCUT2D eigenvalue weighted by Gasteiger charge is 2.42. The zero-order chi connectivity index (χ0) is 33.2. The molecule has 0 saturated carbocycles. The molecule has 5 heteroatoms. The second-order valence-electron chi connectivity index (χ2n) is 15.3. The van der Waals surface area contributed by atoms with Crippen LogP contribution in [0.4, 0.5) is 11.4 Å². The van der Waals surface area contributed by atoms with Crippen molar-refractivity contribution >= 4 is 33.2 Å². The maximum atomic E-state index is 2.53. The van der Waals surface area contributed by atoms with Crippen LogP contribution >= 0.6 is 0 Å². The third kappa shape index (κ3) is 4.08. The van der Waals surface area contributed by atoms with E-state index < -0.39 is 5.41 Å². The summed E-state index contributed by atoms with van der Waals surface area (Å²) in [4.78, 5) is 9.66. The van der Waals surface area contributed by atoms with E-state index in [2.05, 4.69) is 173 Å². The molecule has 5 nitrogen and oxygen atoms in total. The zero-order valence-corrected chi connectivity index (χ0v) is 29.7. The van der Waals surface area contributed by atoms with E-state index in [-0.39, 0.29) is 5.41 Å². The first-order valence-corrected chi connectivity index (χ1v) is 17.0. The van der Waals surface area contributed by atoms with Gasteiger partial charge in [-0.15, -0.1) is 0 Å². The van der Waals surface area contributed by atoms with Gasteiger partial charge in [-0.3, -0.25) is 0 Å². The van der Waals surface area contributed by atoms with Crippen LogP contribution in [-0.2, 0) is 10.8 Å². The average Bonchev–Trinajstić information content (AvgIpc) is 3.63. The van der Waals surface area contributed by atoms with Crippen LogP contribution in [0.2, 0.25) is 0 Å². The van der Waals surface area contributed by atoms with Crippen molar-refractivity contribution in [2.45, 2.75) is 66.2 Å². The van der Waals surface area contributed by atoms with Crippen molar-refractivity contribution in [2.24, 2.45) is 0 Å². The molecular formula is C42H47N5. The van der Waals surface area contributed by atoms with Crippen LogP contribution in [0.3, 0.4) is 0 Å². The Bertz CT molecular complexity index is 2190. The monoisotopic (exact) mass is 621 g/mol. The standard InChI is InChI=1S/C42H47N5/c1-26-28(3)45(24-43(26)9)32-18-19-39-37(23-32)42(8,36-16-13-15-35-34-14-11-12-17-38(34)47(39)40(35)36)31-20-30(41(5,6)7)21-33(22-31)46-25-44(10)27(2)29(46)4/h11-23H,24-25H2,1-10H3. The molecule has 0 spiro atoms. The van der Waals surface area contributed by atoms with Crippen molar-refractivity contribution in [3.8, 4) is 5.69 Å². The summed E-state index contributed by atoms with van der Waals surface area (Å²) in [7, 11) is 4.38. The van der Waals surface area contributed by atoms with Gasteiger partial charge in [-0.05, 0) is 98.7 Å². The normalized spacial score (nSPS) is 19.7. The predicted molar refractivity (Wildman–Crippen MR) is 198 cm³/mol. The van der Waals surface area contributed by atoms with E-state index >= 15 is 0 Å². The van der Waals surface area contributed by atoms with Crippen LogP contribution in [0.25, 0.3) is 27.5 Å². The molecule has 0 amide bonds. The molecule has 0 radical (unpaired) electrons. The summed E-state index contributed by atoms with van der Waals surface area (Å²) in [5.74, 6) is 0. The molecule has 1 aromatic heterocycles. The summed E-state index contributed by atoms with van der Waals surface area (Å²) < 4.78 is 2.53. The minimum Gasteiger partial charge on any atom is -0.359 e. The van der Waals surface area contributed by atoms with Gasteiger partial charge >= 0.3 is 0 Å². The first-order valence-electron chi connectivity index (χ1n) is 17.0. The van der Waals surface area contributed by atoms with Gasteiger partial charge < -0.3 is 24.2 Å². The van der Waals surface area contributed by atoms with Crippen molar-refractivity contribution in [1.82, 2.24) is 14.4 Å². The van der Waals surface area contributed by atoms with Crippen molar-refractivity contribution in [3.05, 3.63) is 124 Å². The van der Waals surface area contributed by atoms with Gasteiger partial charge in [0.05, 0.1) is 30.1 Å². The second-order valence-corrected chi connectivity index (χ2v) is 15.3. The van der Waals surface area contributed by atoms with Crippen LogP contribution < -0.4 is 9.80 Å². The fraction of sp³-hybridized carbons (Fsp3) is 0.333. The summed E-state index contributed by atoms with van der Waals surface area (Å²) in [6.45, 7) is 20.2. The van der Waals surface area contributed by atoms with Gasteiger partial charge in [-0.2, -0.15) is 0 Å². The number of fused-ring (bicyclic) bond motifs is 5. The van der Waals surface area contributed by atoms with E-state index in [0.717, 1.165) is 13.3 Å². The number of nitrogens with zero attached hydrogens (tertiary/aromatic N) is 5. The van der Waals surface area contributed by atoms with Gasteiger partial charge in [0.1, 0.15) is 0 Å². The van der Waals surface area contributed by atoms with E-state index in [1.807, 2.05) is 0 Å². The first-order chi connectivity index (χ1) is 22.3. The number of benzene rings is 4. The molecule has 0 bridgehead atoms. The Labute approximate surface area is 280 Å². The Morgan fingerprint density at radius 2 is 1.26 bits per heavy atom. The maximum absolute atomic E-state index is 2.53. The van der Waals surface area contributed by atoms with E-state index in [1.54, 1.807) is 0 Å². The molecule has 1 unspecified atom stereocenters. The number of aromatic nitrogens is 1. The van der Waals surface area contributed by atoms with E-state index in [0.29, 0.717) is 0 Å². The van der Waals surface area contributed by atoms with Gasteiger partial charge in [0.2, 0.25) is 0 Å². The molecule has 0 N–H and O–H groups in total. The van der Waals surface area contributed by atoms with Crippen LogP contribution in [0, 0.1) is 0 Å². The summed E-state index contributed by atoms with van der Waals surface area (Å²) >= 11 is 0. The van der Waals surface area contributed by atoms with Crippen molar-refractivity contribution in [2.75, 3.05) is 37.2 Å². The SMILES string of the molecule is CC1=C(C)N(c2cc(C(C)(C)C)cc(C3(C)c4cc(N5CN(C)C(C)=C5C)ccc4-n4c5ccccc5c5cccc3c54)c2)CN1C. The van der Waals surface area contributed by atoms with Crippen molar-refractivity contribution in [1.29, 1.82) is 0 Å². The smallest absolute Gasteiger partial charge is 0.0943 e. The number of anilines is 2. The number of hydrogen-bond acceptors (Lipinski definition) is 4. The third-order valence-corrected chi connectivity index (χ3v) is 11.7. The lowest BCUT2D eigenvalue weighted by Crippen LogP contribution is -2.33. The zero-order valence-electron chi connectivity index (χ0n) is 29.7. The molecule has 4 aromatic carbocycles. The van der Waals surface area contributed by atoms with E-state index in [1.165, 1.54) is 83.9 Å². The lowest BCUT2D eigenvalue weighted by Gasteiger charge is -2.40. The minimum absolute atomic E-state index is 0.0147. The number of allylic oxidation sites excluding steroid dienone is 4. The van der Waals surface area contributed by atoms with Crippen LogP contribution in [0.5, 0.6) is 0 Å². The molecule has 240 valence electrons. The maximum Gasteiger partial charge on any atom is 0.0943 e. The fourth-order valence-corrected chi connectivity index (χ4v) is 8.25. The van der Waals surface area contributed by atoms with Gasteiger partial charge in [0.25, 0.3) is 0 Å². The highest BCUT2D eigenvalue weighted by atomic mass is 15.4. The molecule has 1 atom stereocenters. The molecule has 8 rings (SSSR count). The largest absolute Gasteiger partial charge is 0.359 e. The summed E-state index contributed by atoms with van der Waals surface area (Å²) in [6, 6.07) is 30.5. The van der Waals surface area contributed by atoms with E-state index in [4.69, 9.17) is 0 Å².